The highest BCUT2D eigenvalue weighted by Gasteiger charge is 2.35. The third kappa shape index (κ3) is 8.84. The van der Waals surface area contributed by atoms with Crippen molar-refractivity contribution < 1.29 is 22.4 Å². The van der Waals surface area contributed by atoms with Gasteiger partial charge in [0.15, 0.2) is 0 Å². The van der Waals surface area contributed by atoms with Gasteiger partial charge in [-0.15, -0.1) is 0 Å². The second-order valence-corrected chi connectivity index (χ2v) is 13.7. The van der Waals surface area contributed by atoms with Gasteiger partial charge in [0, 0.05) is 34.6 Å². The molecule has 0 aromatic heterocycles. The molecule has 11 heteroatoms. The van der Waals surface area contributed by atoms with Crippen LogP contribution in [0.1, 0.15) is 30.5 Å². The number of rotatable bonds is 12. The summed E-state index contributed by atoms with van der Waals surface area (Å²) in [5.41, 5.74) is 1.83. The fourth-order valence-electron chi connectivity index (χ4n) is 4.79. The molecule has 0 saturated heterocycles. The Bertz CT molecular complexity index is 1730. The summed E-state index contributed by atoms with van der Waals surface area (Å²) in [5, 5.41) is 3.19. The van der Waals surface area contributed by atoms with E-state index >= 15 is 4.39 Å². The molecule has 0 spiro atoms. The van der Waals surface area contributed by atoms with Crippen LogP contribution in [0, 0.1) is 12.7 Å². The van der Waals surface area contributed by atoms with Crippen molar-refractivity contribution in [2.24, 2.45) is 0 Å². The fraction of sp³-hybridized carbons (Fsp3) is 0.235. The lowest BCUT2D eigenvalue weighted by Crippen LogP contribution is -2.54. The van der Waals surface area contributed by atoms with E-state index < -0.39 is 40.2 Å². The van der Waals surface area contributed by atoms with Crippen LogP contribution in [0.5, 0.6) is 0 Å². The Hall–Kier alpha value is -3.92. The number of nitrogens with zero attached hydrogens (tertiary/aromatic N) is 2. The molecular weight excluding hydrogens is 636 g/mol. The van der Waals surface area contributed by atoms with Crippen LogP contribution in [-0.4, -0.2) is 43.8 Å². The molecule has 236 valence electrons. The lowest BCUT2D eigenvalue weighted by Gasteiger charge is -2.34. The van der Waals surface area contributed by atoms with Gasteiger partial charge in [0.05, 0.1) is 10.6 Å². The van der Waals surface area contributed by atoms with Crippen molar-refractivity contribution in [1.82, 2.24) is 10.2 Å². The number of aryl methyl sites for hydroxylation is 1. The first-order chi connectivity index (χ1) is 21.3. The molecule has 0 saturated carbocycles. The molecule has 1 N–H and O–H groups in total. The van der Waals surface area contributed by atoms with Gasteiger partial charge >= 0.3 is 0 Å². The Balaban J connectivity index is 1.84. The fourth-order valence-corrected chi connectivity index (χ4v) is 6.71. The number of anilines is 1. The van der Waals surface area contributed by atoms with E-state index in [4.69, 9.17) is 23.2 Å². The maximum Gasteiger partial charge on any atom is 0.264 e. The topological polar surface area (TPSA) is 86.8 Å². The molecule has 0 aliphatic rings. The zero-order valence-corrected chi connectivity index (χ0v) is 27.4. The van der Waals surface area contributed by atoms with E-state index in [9.17, 15) is 18.0 Å². The van der Waals surface area contributed by atoms with Crippen molar-refractivity contribution in [2.75, 3.05) is 10.8 Å². The standard InChI is InChI=1S/C34H34Cl2FN3O4S/c1-23(2)38-34(42)32(17-25-9-5-4-6-10-25)39(21-26-11-7-8-12-31(26)37)33(41)22-40(29-19-27(35)18-28(36)20-29)45(43,44)30-15-13-24(3)14-16-30/h4-16,18-20,23,32H,17,21-22H2,1-3H3,(H,38,42)/t32-/m1/s1. The number of amides is 2. The highest BCUT2D eigenvalue weighted by Crippen LogP contribution is 2.30. The highest BCUT2D eigenvalue weighted by molar-refractivity contribution is 7.92. The maximum absolute atomic E-state index is 15.0. The second kappa shape index (κ2) is 14.9. The molecular formula is C34H34Cl2FN3O4S. The van der Waals surface area contributed by atoms with Crippen LogP contribution in [0.2, 0.25) is 10.0 Å². The maximum atomic E-state index is 15.0. The molecule has 45 heavy (non-hydrogen) atoms. The van der Waals surface area contributed by atoms with E-state index in [1.165, 1.54) is 53.4 Å². The first-order valence-electron chi connectivity index (χ1n) is 14.3. The molecule has 2 amide bonds. The lowest BCUT2D eigenvalue weighted by atomic mass is 10.0. The Morgan fingerprint density at radius 2 is 1.47 bits per heavy atom. The average Bonchev–Trinajstić information content (AvgIpc) is 2.98. The van der Waals surface area contributed by atoms with Crippen molar-refractivity contribution in [3.05, 3.63) is 130 Å². The minimum Gasteiger partial charge on any atom is -0.352 e. The van der Waals surface area contributed by atoms with E-state index in [2.05, 4.69) is 5.32 Å². The Kier molecular flexibility index (Phi) is 11.3. The number of halogens is 3. The van der Waals surface area contributed by atoms with Crippen LogP contribution in [0.3, 0.4) is 0 Å². The zero-order valence-electron chi connectivity index (χ0n) is 25.1. The van der Waals surface area contributed by atoms with Crippen molar-refractivity contribution in [2.45, 2.75) is 50.7 Å². The van der Waals surface area contributed by atoms with Gasteiger partial charge in [0.25, 0.3) is 10.0 Å². The molecule has 4 aromatic carbocycles. The van der Waals surface area contributed by atoms with Crippen molar-refractivity contribution in [3.63, 3.8) is 0 Å². The zero-order chi connectivity index (χ0) is 32.7. The number of benzene rings is 4. The van der Waals surface area contributed by atoms with Gasteiger partial charge in [-0.05, 0) is 62.7 Å². The number of hydrogen-bond acceptors (Lipinski definition) is 4. The van der Waals surface area contributed by atoms with Gasteiger partial charge in [-0.3, -0.25) is 13.9 Å². The largest absolute Gasteiger partial charge is 0.352 e. The number of carbonyl (C=O) groups is 2. The molecule has 4 rings (SSSR count). The monoisotopic (exact) mass is 669 g/mol. The summed E-state index contributed by atoms with van der Waals surface area (Å²) in [6, 6.07) is 24.1. The Morgan fingerprint density at radius 3 is 2.07 bits per heavy atom. The van der Waals surface area contributed by atoms with Gasteiger partial charge in [-0.2, -0.15) is 0 Å². The van der Waals surface area contributed by atoms with E-state index in [0.29, 0.717) is 0 Å². The lowest BCUT2D eigenvalue weighted by molar-refractivity contribution is -0.140. The van der Waals surface area contributed by atoms with Crippen molar-refractivity contribution in [3.8, 4) is 0 Å². The highest BCUT2D eigenvalue weighted by atomic mass is 35.5. The Labute approximate surface area is 273 Å². The molecule has 0 heterocycles. The van der Waals surface area contributed by atoms with Gasteiger partial charge in [-0.1, -0.05) is 89.4 Å². The normalized spacial score (nSPS) is 12.1. The van der Waals surface area contributed by atoms with Crippen LogP contribution in [0.25, 0.3) is 0 Å². The minimum atomic E-state index is -4.34. The summed E-state index contributed by atoms with van der Waals surface area (Å²) in [6.07, 6.45) is 0.104. The molecule has 0 aliphatic carbocycles. The van der Waals surface area contributed by atoms with E-state index in [1.54, 1.807) is 32.0 Å². The number of nitrogens with one attached hydrogen (secondary N) is 1. The summed E-state index contributed by atoms with van der Waals surface area (Å²) >= 11 is 12.5. The van der Waals surface area contributed by atoms with Crippen LogP contribution in [-0.2, 0) is 32.6 Å². The number of sulfonamides is 1. The molecule has 0 fully saturated rings. The van der Waals surface area contributed by atoms with Gasteiger partial charge in [-0.25, -0.2) is 12.8 Å². The quantitative estimate of drug-likeness (QED) is 0.180. The molecule has 0 aliphatic heterocycles. The molecule has 7 nitrogen and oxygen atoms in total. The smallest absolute Gasteiger partial charge is 0.264 e. The second-order valence-electron chi connectivity index (χ2n) is 10.9. The predicted molar refractivity (Wildman–Crippen MR) is 176 cm³/mol. The SMILES string of the molecule is Cc1ccc(S(=O)(=O)N(CC(=O)N(Cc2ccccc2F)[C@H](Cc2ccccc2)C(=O)NC(C)C)c2cc(Cl)cc(Cl)c2)cc1. The van der Waals surface area contributed by atoms with Crippen LogP contribution < -0.4 is 9.62 Å². The summed E-state index contributed by atoms with van der Waals surface area (Å²) in [5.74, 6) is -1.76. The molecule has 0 bridgehead atoms. The summed E-state index contributed by atoms with van der Waals surface area (Å²) in [6.45, 7) is 4.40. The van der Waals surface area contributed by atoms with E-state index in [0.717, 1.165) is 15.4 Å². The van der Waals surface area contributed by atoms with Gasteiger partial charge < -0.3 is 10.2 Å². The Morgan fingerprint density at radius 1 is 0.867 bits per heavy atom. The summed E-state index contributed by atoms with van der Waals surface area (Å²) in [4.78, 5) is 29.3. The van der Waals surface area contributed by atoms with Crippen LogP contribution in [0.15, 0.2) is 102 Å². The molecule has 0 unspecified atom stereocenters. The molecule has 1 atom stereocenters. The summed E-state index contributed by atoms with van der Waals surface area (Å²) < 4.78 is 44.1. The van der Waals surface area contributed by atoms with Crippen LogP contribution in [0.4, 0.5) is 10.1 Å². The third-order valence-electron chi connectivity index (χ3n) is 7.02. The first-order valence-corrected chi connectivity index (χ1v) is 16.5. The number of hydrogen-bond donors (Lipinski definition) is 1. The van der Waals surface area contributed by atoms with Crippen molar-refractivity contribution >= 4 is 50.7 Å². The third-order valence-corrected chi connectivity index (χ3v) is 9.25. The van der Waals surface area contributed by atoms with Gasteiger partial charge in [0.1, 0.15) is 18.4 Å². The minimum absolute atomic E-state index is 0.0542. The molecule has 4 aromatic rings. The summed E-state index contributed by atoms with van der Waals surface area (Å²) in [7, 11) is -4.34. The van der Waals surface area contributed by atoms with E-state index in [-0.39, 0.29) is 45.2 Å². The first kappa shape index (κ1) is 34.0. The van der Waals surface area contributed by atoms with E-state index in [1.807, 2.05) is 37.3 Å². The average molecular weight is 671 g/mol. The predicted octanol–water partition coefficient (Wildman–Crippen LogP) is 6.80. The number of carbonyl (C=O) groups excluding carboxylic acids is 2. The molecule has 0 radical (unpaired) electrons. The van der Waals surface area contributed by atoms with Crippen LogP contribution >= 0.6 is 23.2 Å². The van der Waals surface area contributed by atoms with Crippen molar-refractivity contribution in [1.29, 1.82) is 0 Å². The van der Waals surface area contributed by atoms with Gasteiger partial charge in [0.2, 0.25) is 11.8 Å².